The van der Waals surface area contributed by atoms with Gasteiger partial charge in [-0.2, -0.15) is 0 Å². The summed E-state index contributed by atoms with van der Waals surface area (Å²) >= 11 is 0. The minimum Gasteiger partial charge on any atom is -0.492 e. The smallest absolute Gasteiger partial charge is 0.240 e. The average Bonchev–Trinajstić information content (AvgIpc) is 2.37. The number of hydrogen-bond donors (Lipinski definition) is 2. The van der Waals surface area contributed by atoms with E-state index in [2.05, 4.69) is 17.0 Å². The molecule has 0 aliphatic heterocycles. The molecule has 0 bridgehead atoms. The highest BCUT2D eigenvalue weighted by Crippen LogP contribution is 2.16. The van der Waals surface area contributed by atoms with Gasteiger partial charge in [-0.05, 0) is 51.1 Å². The van der Waals surface area contributed by atoms with Crippen molar-refractivity contribution < 1.29 is 13.2 Å². The van der Waals surface area contributed by atoms with Gasteiger partial charge >= 0.3 is 0 Å². The summed E-state index contributed by atoms with van der Waals surface area (Å²) in [5.41, 5.74) is 0. The van der Waals surface area contributed by atoms with Gasteiger partial charge in [-0.3, -0.25) is 0 Å². The van der Waals surface area contributed by atoms with Gasteiger partial charge in [-0.1, -0.05) is 6.92 Å². The molecule has 0 aromatic heterocycles. The number of benzene rings is 1. The third-order valence-corrected chi connectivity index (χ3v) is 4.17. The maximum atomic E-state index is 11.9. The Morgan fingerprint density at radius 1 is 1.15 bits per heavy atom. The van der Waals surface area contributed by atoms with Crippen molar-refractivity contribution in [3.63, 3.8) is 0 Å². The van der Waals surface area contributed by atoms with E-state index < -0.39 is 10.0 Å². The first-order valence-electron chi connectivity index (χ1n) is 6.91. The number of nitrogens with one attached hydrogen (secondary N) is 2. The molecule has 114 valence electrons. The monoisotopic (exact) mass is 300 g/mol. The minimum atomic E-state index is -3.43. The fraction of sp³-hybridized carbons (Fsp3) is 0.571. The van der Waals surface area contributed by atoms with Gasteiger partial charge < -0.3 is 10.1 Å². The van der Waals surface area contributed by atoms with Gasteiger partial charge in [-0.15, -0.1) is 0 Å². The van der Waals surface area contributed by atoms with E-state index in [1.807, 2.05) is 0 Å². The largest absolute Gasteiger partial charge is 0.492 e. The molecule has 0 aliphatic rings. The van der Waals surface area contributed by atoms with E-state index >= 15 is 0 Å². The lowest BCUT2D eigenvalue weighted by molar-refractivity contribution is 0.314. The summed E-state index contributed by atoms with van der Waals surface area (Å²) in [6.07, 6.45) is 1.09. The fourth-order valence-electron chi connectivity index (χ4n) is 1.64. The van der Waals surface area contributed by atoms with Crippen molar-refractivity contribution in [2.45, 2.75) is 38.1 Å². The van der Waals surface area contributed by atoms with Crippen molar-refractivity contribution >= 4 is 10.0 Å². The molecule has 0 atom stereocenters. The van der Waals surface area contributed by atoms with Crippen molar-refractivity contribution in [1.29, 1.82) is 0 Å². The molecule has 2 N–H and O–H groups in total. The van der Waals surface area contributed by atoms with E-state index in [4.69, 9.17) is 4.74 Å². The molecule has 20 heavy (non-hydrogen) atoms. The van der Waals surface area contributed by atoms with Crippen LogP contribution < -0.4 is 14.8 Å². The van der Waals surface area contributed by atoms with Crippen molar-refractivity contribution in [2.24, 2.45) is 0 Å². The van der Waals surface area contributed by atoms with Crippen LogP contribution in [0.25, 0.3) is 0 Å². The van der Waals surface area contributed by atoms with Gasteiger partial charge in [-0.25, -0.2) is 13.1 Å². The van der Waals surface area contributed by atoms with Crippen LogP contribution in [0.5, 0.6) is 5.75 Å². The molecule has 5 nitrogen and oxygen atoms in total. The number of hydrogen-bond acceptors (Lipinski definition) is 4. The molecule has 1 aromatic carbocycles. The normalized spacial score (nSPS) is 11.8. The Kier molecular flexibility index (Phi) is 6.98. The summed E-state index contributed by atoms with van der Waals surface area (Å²) < 4.78 is 31.9. The molecular formula is C14H24N2O3S. The van der Waals surface area contributed by atoms with Crippen LogP contribution in [-0.2, 0) is 10.0 Å². The Labute approximate surface area is 121 Å². The van der Waals surface area contributed by atoms with E-state index in [9.17, 15) is 8.42 Å². The number of rotatable bonds is 9. The van der Waals surface area contributed by atoms with Crippen LogP contribution in [0.1, 0.15) is 27.2 Å². The summed E-state index contributed by atoms with van der Waals surface area (Å²) in [6.45, 7) is 8.01. The highest BCUT2D eigenvalue weighted by molar-refractivity contribution is 7.89. The average molecular weight is 300 g/mol. The molecular weight excluding hydrogens is 276 g/mol. The first-order chi connectivity index (χ1) is 9.45. The molecule has 6 heteroatoms. The SMILES string of the molecule is CCCNCCOc1ccc(S(=O)(=O)NC(C)C)cc1. The van der Waals surface area contributed by atoms with Crippen LogP contribution in [0.4, 0.5) is 0 Å². The topological polar surface area (TPSA) is 67.4 Å². The minimum absolute atomic E-state index is 0.124. The lowest BCUT2D eigenvalue weighted by Gasteiger charge is -2.11. The van der Waals surface area contributed by atoms with Gasteiger partial charge in [0.05, 0.1) is 4.90 Å². The van der Waals surface area contributed by atoms with Crippen molar-refractivity contribution in [1.82, 2.24) is 10.0 Å². The van der Waals surface area contributed by atoms with Crippen LogP contribution in [-0.4, -0.2) is 34.2 Å². The van der Waals surface area contributed by atoms with Crippen LogP contribution in [0, 0.1) is 0 Å². The lowest BCUT2D eigenvalue weighted by Crippen LogP contribution is -2.30. The van der Waals surface area contributed by atoms with Crippen LogP contribution in [0.3, 0.4) is 0 Å². The third kappa shape index (κ3) is 5.90. The zero-order chi connectivity index (χ0) is 15.0. The Morgan fingerprint density at radius 2 is 1.80 bits per heavy atom. The zero-order valence-electron chi connectivity index (χ0n) is 12.3. The fourth-order valence-corrected chi connectivity index (χ4v) is 2.89. The maximum Gasteiger partial charge on any atom is 0.240 e. The van der Waals surface area contributed by atoms with Crippen LogP contribution >= 0.6 is 0 Å². The molecule has 0 radical (unpaired) electrons. The van der Waals surface area contributed by atoms with E-state index in [1.54, 1.807) is 38.1 Å². The van der Waals surface area contributed by atoms with Gasteiger partial charge in [0, 0.05) is 12.6 Å². The molecule has 0 fully saturated rings. The predicted molar refractivity (Wildman–Crippen MR) is 80.6 cm³/mol. The van der Waals surface area contributed by atoms with Gasteiger partial charge in [0.2, 0.25) is 10.0 Å². The summed E-state index contributed by atoms with van der Waals surface area (Å²) in [5, 5.41) is 3.23. The summed E-state index contributed by atoms with van der Waals surface area (Å²) in [7, 11) is -3.43. The number of sulfonamides is 1. The molecule has 0 amide bonds. The summed E-state index contributed by atoms with van der Waals surface area (Å²) in [5.74, 6) is 0.673. The Balaban J connectivity index is 2.52. The first kappa shape index (κ1) is 16.9. The zero-order valence-corrected chi connectivity index (χ0v) is 13.2. The second-order valence-electron chi connectivity index (χ2n) is 4.85. The second-order valence-corrected chi connectivity index (χ2v) is 6.56. The first-order valence-corrected chi connectivity index (χ1v) is 8.40. The molecule has 0 unspecified atom stereocenters. The third-order valence-electron chi connectivity index (χ3n) is 2.50. The highest BCUT2D eigenvalue weighted by Gasteiger charge is 2.14. The predicted octanol–water partition coefficient (Wildman–Crippen LogP) is 1.75. The maximum absolute atomic E-state index is 11.9. The second kappa shape index (κ2) is 8.24. The van der Waals surface area contributed by atoms with Gasteiger partial charge in [0.15, 0.2) is 0 Å². The van der Waals surface area contributed by atoms with Gasteiger partial charge in [0.1, 0.15) is 12.4 Å². The molecule has 0 saturated heterocycles. The highest BCUT2D eigenvalue weighted by atomic mass is 32.2. The number of ether oxygens (including phenoxy) is 1. The Morgan fingerprint density at radius 3 is 2.35 bits per heavy atom. The van der Waals surface area contributed by atoms with E-state index in [0.29, 0.717) is 12.4 Å². The molecule has 0 spiro atoms. The van der Waals surface area contributed by atoms with Crippen LogP contribution in [0.2, 0.25) is 0 Å². The molecule has 0 saturated carbocycles. The molecule has 0 aliphatic carbocycles. The van der Waals surface area contributed by atoms with E-state index in [1.165, 1.54) is 0 Å². The quantitative estimate of drug-likeness (QED) is 0.682. The van der Waals surface area contributed by atoms with Crippen molar-refractivity contribution in [2.75, 3.05) is 19.7 Å². The summed E-state index contributed by atoms with van der Waals surface area (Å²) in [4.78, 5) is 0.252. The molecule has 0 heterocycles. The summed E-state index contributed by atoms with van der Waals surface area (Å²) in [6, 6.07) is 6.34. The lowest BCUT2D eigenvalue weighted by atomic mass is 10.3. The standard InChI is InChI=1S/C14H24N2O3S/c1-4-9-15-10-11-19-13-5-7-14(8-6-13)20(17,18)16-12(2)3/h5-8,12,15-16H,4,9-11H2,1-3H3. The van der Waals surface area contributed by atoms with Crippen LogP contribution in [0.15, 0.2) is 29.2 Å². The Hall–Kier alpha value is -1.11. The van der Waals surface area contributed by atoms with Gasteiger partial charge in [0.25, 0.3) is 0 Å². The van der Waals surface area contributed by atoms with Crippen molar-refractivity contribution in [3.05, 3.63) is 24.3 Å². The molecule has 1 aromatic rings. The molecule has 1 rings (SSSR count). The van der Waals surface area contributed by atoms with E-state index in [-0.39, 0.29) is 10.9 Å². The van der Waals surface area contributed by atoms with Crippen molar-refractivity contribution in [3.8, 4) is 5.75 Å². The van der Waals surface area contributed by atoms with E-state index in [0.717, 1.165) is 19.5 Å². The Bertz CT molecular complexity index is 484.